The Morgan fingerprint density at radius 3 is 2.45 bits per heavy atom. The molecule has 0 atom stereocenters. The number of nitrogens with one attached hydrogen (secondary N) is 1. The Balaban J connectivity index is 1.95. The van der Waals surface area contributed by atoms with Gasteiger partial charge in [-0.3, -0.25) is 9.59 Å². The van der Waals surface area contributed by atoms with Gasteiger partial charge >= 0.3 is 6.18 Å². The first-order chi connectivity index (χ1) is 13.7. The van der Waals surface area contributed by atoms with E-state index in [0.29, 0.717) is 5.02 Å². The molecule has 0 aliphatic carbocycles. The number of hydrogen-bond acceptors (Lipinski definition) is 3. The predicted molar refractivity (Wildman–Crippen MR) is 102 cm³/mol. The maximum Gasteiger partial charge on any atom is 0.418 e. The van der Waals surface area contributed by atoms with Crippen molar-refractivity contribution in [2.75, 3.05) is 0 Å². The van der Waals surface area contributed by atoms with Gasteiger partial charge in [-0.15, -0.1) is 0 Å². The molecule has 0 bridgehead atoms. The predicted octanol–water partition coefficient (Wildman–Crippen LogP) is 4.14. The van der Waals surface area contributed by atoms with Crippen molar-refractivity contribution in [3.63, 3.8) is 0 Å². The lowest BCUT2D eigenvalue weighted by Crippen LogP contribution is -2.32. The van der Waals surface area contributed by atoms with Gasteiger partial charge in [-0.1, -0.05) is 35.9 Å². The van der Waals surface area contributed by atoms with Crippen LogP contribution in [0, 0.1) is 6.92 Å². The highest BCUT2D eigenvalue weighted by molar-refractivity contribution is 6.30. The third-order valence-electron chi connectivity index (χ3n) is 4.13. The van der Waals surface area contributed by atoms with Crippen LogP contribution >= 0.6 is 11.6 Å². The van der Waals surface area contributed by atoms with E-state index in [9.17, 15) is 22.8 Å². The van der Waals surface area contributed by atoms with E-state index in [4.69, 9.17) is 11.6 Å². The van der Waals surface area contributed by atoms with Gasteiger partial charge in [0.15, 0.2) is 5.69 Å². The van der Waals surface area contributed by atoms with E-state index in [0.717, 1.165) is 22.4 Å². The Labute approximate surface area is 168 Å². The Hall–Kier alpha value is -3.13. The molecule has 0 unspecified atom stereocenters. The minimum atomic E-state index is -4.62. The van der Waals surface area contributed by atoms with Gasteiger partial charge < -0.3 is 5.32 Å². The molecule has 29 heavy (non-hydrogen) atoms. The van der Waals surface area contributed by atoms with Crippen LogP contribution in [0.3, 0.4) is 0 Å². The van der Waals surface area contributed by atoms with Gasteiger partial charge in [0.25, 0.3) is 5.91 Å². The zero-order valence-electron chi connectivity index (χ0n) is 15.1. The topological polar surface area (TPSA) is 64.0 Å². The number of aromatic nitrogens is 2. The van der Waals surface area contributed by atoms with Crippen molar-refractivity contribution in [1.29, 1.82) is 0 Å². The van der Waals surface area contributed by atoms with E-state index >= 15 is 0 Å². The first kappa shape index (κ1) is 20.6. The zero-order valence-corrected chi connectivity index (χ0v) is 15.9. The summed E-state index contributed by atoms with van der Waals surface area (Å²) in [6.45, 7) is 1.54. The number of rotatable bonds is 4. The Bertz CT molecular complexity index is 1110. The molecule has 1 N–H and O–H groups in total. The third-order valence-corrected chi connectivity index (χ3v) is 4.38. The van der Waals surface area contributed by atoms with Crippen LogP contribution in [-0.4, -0.2) is 15.7 Å². The van der Waals surface area contributed by atoms with Crippen molar-refractivity contribution in [2.24, 2.45) is 0 Å². The number of benzene rings is 2. The lowest BCUT2D eigenvalue weighted by Gasteiger charge is -2.16. The summed E-state index contributed by atoms with van der Waals surface area (Å²) in [6.07, 6.45) is -4.62. The van der Waals surface area contributed by atoms with E-state index in [2.05, 4.69) is 10.4 Å². The highest BCUT2D eigenvalue weighted by atomic mass is 35.5. The molecule has 0 spiro atoms. The highest BCUT2D eigenvalue weighted by Gasteiger charge is 2.34. The number of nitrogens with zero attached hydrogens (tertiary/aromatic N) is 2. The molecule has 3 aromatic rings. The summed E-state index contributed by atoms with van der Waals surface area (Å²) in [5.41, 5.74) is -1.48. The van der Waals surface area contributed by atoms with Crippen molar-refractivity contribution in [1.82, 2.24) is 15.1 Å². The molecule has 1 amide bonds. The smallest absolute Gasteiger partial charge is 0.346 e. The number of para-hydroxylation sites is 1. The lowest BCUT2D eigenvalue weighted by atomic mass is 10.1. The van der Waals surface area contributed by atoms with Crippen LogP contribution in [0.2, 0.25) is 5.02 Å². The Morgan fingerprint density at radius 1 is 1.14 bits per heavy atom. The summed E-state index contributed by atoms with van der Waals surface area (Å²) < 4.78 is 41.0. The van der Waals surface area contributed by atoms with Gasteiger partial charge in [0.1, 0.15) is 0 Å². The van der Waals surface area contributed by atoms with Crippen LogP contribution in [0.25, 0.3) is 5.69 Å². The molecule has 1 heterocycles. The number of carbonyl (C=O) groups is 1. The van der Waals surface area contributed by atoms with Crippen LogP contribution < -0.4 is 10.7 Å². The fraction of sp³-hybridized carbons (Fsp3) is 0.150. The van der Waals surface area contributed by atoms with Crippen molar-refractivity contribution < 1.29 is 18.0 Å². The van der Waals surface area contributed by atoms with Crippen LogP contribution in [0.4, 0.5) is 13.2 Å². The van der Waals surface area contributed by atoms with Crippen LogP contribution in [0.5, 0.6) is 0 Å². The van der Waals surface area contributed by atoms with Gasteiger partial charge in [0.05, 0.1) is 11.3 Å². The van der Waals surface area contributed by atoms with Crippen molar-refractivity contribution in [2.45, 2.75) is 19.6 Å². The molecule has 2 aromatic carbocycles. The molecule has 0 aliphatic rings. The van der Waals surface area contributed by atoms with Crippen LogP contribution in [-0.2, 0) is 12.7 Å². The van der Waals surface area contributed by atoms with Gasteiger partial charge in [0.2, 0.25) is 5.43 Å². The summed E-state index contributed by atoms with van der Waals surface area (Å²) in [5.74, 6) is -0.789. The number of amides is 1. The zero-order chi connectivity index (χ0) is 21.2. The molecule has 0 saturated carbocycles. The average molecular weight is 422 g/mol. The maximum absolute atomic E-state index is 13.3. The summed E-state index contributed by atoms with van der Waals surface area (Å²) in [5, 5.41) is 6.99. The van der Waals surface area contributed by atoms with Crippen molar-refractivity contribution >= 4 is 17.5 Å². The minimum Gasteiger partial charge on any atom is -0.346 e. The molecular formula is C20H15ClF3N3O2. The fourth-order valence-electron chi connectivity index (χ4n) is 2.71. The number of alkyl halides is 3. The van der Waals surface area contributed by atoms with Crippen molar-refractivity contribution in [3.8, 4) is 5.69 Å². The maximum atomic E-state index is 13.3. The van der Waals surface area contributed by atoms with E-state index in [1.807, 2.05) is 0 Å². The standard InChI is InChI=1S/C20H15ClF3N3O2/c1-12-10-17(28)18(19(29)25-11-13-6-8-14(21)9-7-13)26-27(12)16-5-3-2-4-15(16)20(22,23)24/h2-10H,11H2,1H3,(H,25,29). The molecule has 0 radical (unpaired) electrons. The highest BCUT2D eigenvalue weighted by Crippen LogP contribution is 2.33. The van der Waals surface area contributed by atoms with E-state index in [-0.39, 0.29) is 17.9 Å². The molecule has 9 heteroatoms. The molecule has 3 rings (SSSR count). The fourth-order valence-corrected chi connectivity index (χ4v) is 2.84. The minimum absolute atomic E-state index is 0.101. The molecule has 0 aliphatic heterocycles. The van der Waals surface area contributed by atoms with Gasteiger partial charge in [-0.25, -0.2) is 4.68 Å². The molecule has 5 nitrogen and oxygen atoms in total. The largest absolute Gasteiger partial charge is 0.418 e. The number of hydrogen-bond donors (Lipinski definition) is 1. The van der Waals surface area contributed by atoms with E-state index < -0.39 is 28.8 Å². The number of aryl methyl sites for hydroxylation is 1. The van der Waals surface area contributed by atoms with Crippen LogP contribution in [0.15, 0.2) is 59.4 Å². The Kier molecular flexibility index (Phi) is 5.74. The van der Waals surface area contributed by atoms with Gasteiger partial charge in [0, 0.05) is 23.3 Å². The first-order valence-corrected chi connectivity index (χ1v) is 8.85. The second kappa shape index (κ2) is 8.08. The molecule has 150 valence electrons. The average Bonchev–Trinajstić information content (AvgIpc) is 2.67. The number of halogens is 4. The Morgan fingerprint density at radius 2 is 1.79 bits per heavy atom. The van der Waals surface area contributed by atoms with Gasteiger partial charge in [-0.2, -0.15) is 18.3 Å². The van der Waals surface area contributed by atoms with Gasteiger partial charge in [-0.05, 0) is 36.8 Å². The summed E-state index contributed by atoms with van der Waals surface area (Å²) in [7, 11) is 0. The normalized spacial score (nSPS) is 11.3. The second-order valence-electron chi connectivity index (χ2n) is 6.23. The quantitative estimate of drug-likeness (QED) is 0.688. The lowest BCUT2D eigenvalue weighted by molar-refractivity contribution is -0.137. The van der Waals surface area contributed by atoms with E-state index in [1.165, 1.54) is 25.1 Å². The monoisotopic (exact) mass is 421 g/mol. The van der Waals surface area contributed by atoms with Crippen molar-refractivity contribution in [3.05, 3.63) is 92.4 Å². The van der Waals surface area contributed by atoms with Crippen LogP contribution in [0.1, 0.15) is 27.3 Å². The SMILES string of the molecule is Cc1cc(=O)c(C(=O)NCc2ccc(Cl)cc2)nn1-c1ccccc1C(F)(F)F. The van der Waals surface area contributed by atoms with E-state index in [1.54, 1.807) is 24.3 Å². The molecule has 0 fully saturated rings. The molecular weight excluding hydrogens is 407 g/mol. The number of carbonyl (C=O) groups excluding carboxylic acids is 1. The molecule has 1 aromatic heterocycles. The summed E-state index contributed by atoms with van der Waals surface area (Å²) >= 11 is 5.80. The second-order valence-corrected chi connectivity index (χ2v) is 6.67. The first-order valence-electron chi connectivity index (χ1n) is 8.47. The third kappa shape index (κ3) is 4.65. The summed E-state index contributed by atoms with van der Waals surface area (Å²) in [6, 6.07) is 12.6. The summed E-state index contributed by atoms with van der Waals surface area (Å²) in [4.78, 5) is 24.7. The molecule has 0 saturated heterocycles.